The average Bonchev–Trinajstić information content (AvgIpc) is 2.70. The van der Waals surface area contributed by atoms with E-state index in [2.05, 4.69) is 14.9 Å². The fraction of sp³-hybridized carbons (Fsp3) is 0. The SMILES string of the molecule is Nc1nnc(S(=O)(=O)Nc2ccc(F)cc2I)s1. The van der Waals surface area contributed by atoms with Gasteiger partial charge in [-0.15, -0.1) is 10.2 Å². The molecule has 3 N–H and O–H groups in total. The maximum absolute atomic E-state index is 12.9. The number of nitrogens with two attached hydrogens (primary N) is 1. The van der Waals surface area contributed by atoms with Crippen LogP contribution in [-0.2, 0) is 10.0 Å². The summed E-state index contributed by atoms with van der Waals surface area (Å²) >= 11 is 2.58. The zero-order valence-corrected chi connectivity index (χ0v) is 12.4. The second kappa shape index (κ2) is 4.93. The highest BCUT2D eigenvalue weighted by molar-refractivity contribution is 14.1. The first-order valence-electron chi connectivity index (χ1n) is 4.45. The molecule has 1 aromatic heterocycles. The van der Waals surface area contributed by atoms with Crippen molar-refractivity contribution < 1.29 is 12.8 Å². The number of hydrogen-bond donors (Lipinski definition) is 2. The minimum atomic E-state index is -3.84. The average molecular weight is 400 g/mol. The van der Waals surface area contributed by atoms with Crippen LogP contribution in [0.5, 0.6) is 0 Å². The standard InChI is InChI=1S/C8H6FIN4O2S2/c9-4-1-2-6(5(10)3-4)14-18(15,16)8-13-12-7(11)17-8/h1-3,14H,(H2,11,12). The lowest BCUT2D eigenvalue weighted by Crippen LogP contribution is -2.13. The van der Waals surface area contributed by atoms with Gasteiger partial charge in [-0.1, -0.05) is 11.3 Å². The van der Waals surface area contributed by atoms with E-state index in [0.29, 0.717) is 3.57 Å². The normalized spacial score (nSPS) is 11.4. The third-order valence-electron chi connectivity index (χ3n) is 1.83. The lowest BCUT2D eigenvalue weighted by Gasteiger charge is -2.06. The van der Waals surface area contributed by atoms with E-state index in [-0.39, 0.29) is 15.2 Å². The summed E-state index contributed by atoms with van der Waals surface area (Å²) in [7, 11) is -3.84. The number of sulfonamides is 1. The van der Waals surface area contributed by atoms with Gasteiger partial charge >= 0.3 is 0 Å². The third-order valence-corrected chi connectivity index (χ3v) is 5.21. The molecule has 0 radical (unpaired) electrons. The Morgan fingerprint density at radius 3 is 2.67 bits per heavy atom. The molecule has 1 aromatic carbocycles. The first kappa shape index (κ1) is 13.4. The Kier molecular flexibility index (Phi) is 3.68. The maximum Gasteiger partial charge on any atom is 0.291 e. The van der Waals surface area contributed by atoms with Crippen LogP contribution in [0.4, 0.5) is 15.2 Å². The molecule has 0 atom stereocenters. The van der Waals surface area contributed by atoms with E-state index in [1.807, 2.05) is 22.6 Å². The van der Waals surface area contributed by atoms with E-state index < -0.39 is 15.8 Å². The lowest BCUT2D eigenvalue weighted by atomic mass is 10.3. The molecule has 2 rings (SSSR count). The molecular formula is C8H6FIN4O2S2. The highest BCUT2D eigenvalue weighted by Gasteiger charge is 2.20. The largest absolute Gasteiger partial charge is 0.374 e. The number of aromatic nitrogens is 2. The van der Waals surface area contributed by atoms with Crippen molar-refractivity contribution in [3.05, 3.63) is 27.6 Å². The van der Waals surface area contributed by atoms with Crippen LogP contribution in [0.25, 0.3) is 0 Å². The lowest BCUT2D eigenvalue weighted by molar-refractivity contribution is 0.599. The number of nitrogen functional groups attached to an aromatic ring is 1. The van der Waals surface area contributed by atoms with Crippen LogP contribution in [0, 0.1) is 9.39 Å². The van der Waals surface area contributed by atoms with Crippen LogP contribution < -0.4 is 10.5 Å². The Labute approximate surface area is 120 Å². The van der Waals surface area contributed by atoms with E-state index in [9.17, 15) is 12.8 Å². The smallest absolute Gasteiger partial charge is 0.291 e. The number of anilines is 2. The number of rotatable bonds is 3. The summed E-state index contributed by atoms with van der Waals surface area (Å²) in [5.74, 6) is -0.442. The Bertz CT molecular complexity index is 688. The van der Waals surface area contributed by atoms with E-state index >= 15 is 0 Å². The highest BCUT2D eigenvalue weighted by Crippen LogP contribution is 2.24. The van der Waals surface area contributed by atoms with Crippen molar-refractivity contribution in [3.63, 3.8) is 0 Å². The molecule has 10 heteroatoms. The highest BCUT2D eigenvalue weighted by atomic mass is 127. The van der Waals surface area contributed by atoms with Crippen molar-refractivity contribution in [2.45, 2.75) is 4.34 Å². The Hall–Kier alpha value is -1.01. The van der Waals surface area contributed by atoms with Crippen molar-refractivity contribution >= 4 is 54.8 Å². The molecular weight excluding hydrogens is 394 g/mol. The van der Waals surface area contributed by atoms with Gasteiger partial charge in [0.05, 0.1) is 5.69 Å². The summed E-state index contributed by atoms with van der Waals surface area (Å²) in [6.07, 6.45) is 0. The predicted octanol–water partition coefficient (Wildman–Crippen LogP) is 1.66. The summed E-state index contributed by atoms with van der Waals surface area (Å²) in [5, 5.41) is 6.93. The van der Waals surface area contributed by atoms with Crippen LogP contribution in [0.3, 0.4) is 0 Å². The van der Waals surface area contributed by atoms with Crippen molar-refractivity contribution in [2.75, 3.05) is 10.5 Å². The second-order valence-electron chi connectivity index (χ2n) is 3.14. The molecule has 0 fully saturated rings. The molecule has 0 unspecified atom stereocenters. The second-order valence-corrected chi connectivity index (χ2v) is 7.16. The zero-order chi connectivity index (χ0) is 13.3. The van der Waals surface area contributed by atoms with Crippen molar-refractivity contribution in [3.8, 4) is 0 Å². The van der Waals surface area contributed by atoms with Crippen molar-refractivity contribution in [1.82, 2.24) is 10.2 Å². The monoisotopic (exact) mass is 400 g/mol. The van der Waals surface area contributed by atoms with Gasteiger partial charge in [-0.2, -0.15) is 8.42 Å². The number of nitrogens with zero attached hydrogens (tertiary/aromatic N) is 2. The molecule has 0 saturated heterocycles. The van der Waals surface area contributed by atoms with Gasteiger partial charge in [0.25, 0.3) is 14.4 Å². The van der Waals surface area contributed by atoms with Gasteiger partial charge in [0.1, 0.15) is 5.82 Å². The molecule has 2 aromatic rings. The minimum absolute atomic E-state index is 0.0594. The van der Waals surface area contributed by atoms with Gasteiger partial charge in [-0.3, -0.25) is 4.72 Å². The number of nitrogens with one attached hydrogen (secondary N) is 1. The molecule has 0 spiro atoms. The summed E-state index contributed by atoms with van der Waals surface area (Å²) < 4.78 is 39.2. The molecule has 0 aliphatic rings. The Morgan fingerprint density at radius 2 is 2.11 bits per heavy atom. The number of benzene rings is 1. The Balaban J connectivity index is 2.33. The predicted molar refractivity (Wildman–Crippen MR) is 74.2 cm³/mol. The Morgan fingerprint density at radius 1 is 1.39 bits per heavy atom. The molecule has 0 saturated carbocycles. The fourth-order valence-corrected chi connectivity index (χ4v) is 3.75. The van der Waals surface area contributed by atoms with E-state index in [1.165, 1.54) is 12.1 Å². The first-order chi connectivity index (χ1) is 8.38. The third kappa shape index (κ3) is 2.87. The van der Waals surface area contributed by atoms with Gasteiger partial charge in [0.15, 0.2) is 0 Å². The summed E-state index contributed by atoms with van der Waals surface area (Å²) in [4.78, 5) is 0. The van der Waals surface area contributed by atoms with Gasteiger partial charge in [-0.25, -0.2) is 4.39 Å². The number of halogens is 2. The number of hydrogen-bond acceptors (Lipinski definition) is 6. The van der Waals surface area contributed by atoms with Crippen LogP contribution in [0.1, 0.15) is 0 Å². The van der Waals surface area contributed by atoms with Gasteiger partial charge in [-0.05, 0) is 40.8 Å². The molecule has 0 aliphatic carbocycles. The van der Waals surface area contributed by atoms with Crippen molar-refractivity contribution in [1.29, 1.82) is 0 Å². The molecule has 18 heavy (non-hydrogen) atoms. The molecule has 96 valence electrons. The van der Waals surface area contributed by atoms with Crippen LogP contribution in [0.2, 0.25) is 0 Å². The van der Waals surface area contributed by atoms with Gasteiger partial charge in [0, 0.05) is 3.57 Å². The summed E-state index contributed by atoms with van der Waals surface area (Å²) in [5.41, 5.74) is 5.59. The summed E-state index contributed by atoms with van der Waals surface area (Å²) in [6, 6.07) is 3.71. The molecule has 0 bridgehead atoms. The summed E-state index contributed by atoms with van der Waals surface area (Å²) in [6.45, 7) is 0. The van der Waals surface area contributed by atoms with Crippen LogP contribution >= 0.6 is 33.9 Å². The van der Waals surface area contributed by atoms with Crippen LogP contribution in [0.15, 0.2) is 22.5 Å². The molecule has 0 amide bonds. The topological polar surface area (TPSA) is 98.0 Å². The van der Waals surface area contributed by atoms with Gasteiger partial charge in [0.2, 0.25) is 5.13 Å². The van der Waals surface area contributed by atoms with Crippen molar-refractivity contribution in [2.24, 2.45) is 0 Å². The van der Waals surface area contributed by atoms with Crippen LogP contribution in [-0.4, -0.2) is 18.6 Å². The molecule has 6 nitrogen and oxygen atoms in total. The van der Waals surface area contributed by atoms with E-state index in [4.69, 9.17) is 5.73 Å². The first-order valence-corrected chi connectivity index (χ1v) is 7.83. The van der Waals surface area contributed by atoms with E-state index in [1.54, 1.807) is 0 Å². The molecule has 1 heterocycles. The zero-order valence-electron chi connectivity index (χ0n) is 8.59. The van der Waals surface area contributed by atoms with E-state index in [0.717, 1.165) is 17.4 Å². The molecule has 0 aliphatic heterocycles. The minimum Gasteiger partial charge on any atom is -0.374 e. The fourth-order valence-electron chi connectivity index (χ4n) is 1.09. The quantitative estimate of drug-likeness (QED) is 0.764. The van der Waals surface area contributed by atoms with Gasteiger partial charge < -0.3 is 5.73 Å². The maximum atomic E-state index is 12.9.